The predicted molar refractivity (Wildman–Crippen MR) is 94.1 cm³/mol. The van der Waals surface area contributed by atoms with Crippen molar-refractivity contribution in [2.75, 3.05) is 6.54 Å². The van der Waals surface area contributed by atoms with E-state index in [0.717, 1.165) is 18.9 Å². The van der Waals surface area contributed by atoms with Crippen LogP contribution in [0.4, 0.5) is 4.79 Å². The Balaban J connectivity index is 2.84. The van der Waals surface area contributed by atoms with Gasteiger partial charge in [-0.3, -0.25) is 9.69 Å². The largest absolute Gasteiger partial charge is 0.478 e. The van der Waals surface area contributed by atoms with Gasteiger partial charge in [0.2, 0.25) is 5.91 Å². The number of ether oxygens (including phenoxy) is 1. The van der Waals surface area contributed by atoms with Crippen molar-refractivity contribution in [3.63, 3.8) is 0 Å². The summed E-state index contributed by atoms with van der Waals surface area (Å²) in [4.78, 5) is 37.3. The van der Waals surface area contributed by atoms with Crippen molar-refractivity contribution in [1.82, 2.24) is 10.2 Å². The number of amides is 2. The number of aliphatic carboxylic acids is 1. The molecule has 7 nitrogen and oxygen atoms in total. The number of likely N-dealkylation sites (tertiary alicyclic amines) is 1. The molecule has 0 aliphatic carbocycles. The van der Waals surface area contributed by atoms with Gasteiger partial charge >= 0.3 is 12.1 Å². The molecule has 1 saturated heterocycles. The molecular weight excluding hydrogens is 324 g/mol. The van der Waals surface area contributed by atoms with Crippen molar-refractivity contribution < 1.29 is 24.2 Å². The molecule has 0 spiro atoms. The van der Waals surface area contributed by atoms with Gasteiger partial charge in [0, 0.05) is 12.6 Å². The topological polar surface area (TPSA) is 95.9 Å². The molecule has 7 heteroatoms. The quantitative estimate of drug-likeness (QED) is 0.740. The lowest BCUT2D eigenvalue weighted by Gasteiger charge is -2.36. The lowest BCUT2D eigenvalue weighted by Crippen LogP contribution is -2.55. The number of carbonyl (C=O) groups is 3. The Morgan fingerprint density at radius 1 is 1.24 bits per heavy atom. The average Bonchev–Trinajstić information content (AvgIpc) is 2.49. The maximum Gasteiger partial charge on any atom is 0.410 e. The zero-order valence-corrected chi connectivity index (χ0v) is 15.7. The van der Waals surface area contributed by atoms with Gasteiger partial charge in [-0.15, -0.1) is 0 Å². The van der Waals surface area contributed by atoms with E-state index in [1.54, 1.807) is 20.8 Å². The lowest BCUT2D eigenvalue weighted by molar-refractivity contribution is -0.131. The second-order valence-electron chi connectivity index (χ2n) is 7.66. The molecule has 1 heterocycles. The van der Waals surface area contributed by atoms with Crippen molar-refractivity contribution in [3.05, 3.63) is 12.2 Å². The smallest absolute Gasteiger partial charge is 0.410 e. The highest BCUT2D eigenvalue weighted by atomic mass is 16.6. The SMILES string of the molecule is CC(C)[C@@H](/C=C/C(=O)O)NC(=O)[C@@H]1CCCCN1C(=O)OC(C)(C)C. The molecule has 0 aromatic carbocycles. The van der Waals surface area contributed by atoms with Crippen molar-refractivity contribution in [2.24, 2.45) is 5.92 Å². The van der Waals surface area contributed by atoms with Gasteiger partial charge in [-0.1, -0.05) is 19.9 Å². The second-order valence-corrected chi connectivity index (χ2v) is 7.66. The fraction of sp³-hybridized carbons (Fsp3) is 0.722. The molecule has 0 unspecified atom stereocenters. The summed E-state index contributed by atoms with van der Waals surface area (Å²) in [7, 11) is 0. The molecule has 1 aliphatic rings. The fourth-order valence-electron chi connectivity index (χ4n) is 2.63. The summed E-state index contributed by atoms with van der Waals surface area (Å²) in [5.41, 5.74) is -0.625. The molecule has 2 amide bonds. The van der Waals surface area contributed by atoms with Gasteiger partial charge in [0.05, 0.1) is 6.04 Å². The van der Waals surface area contributed by atoms with Crippen molar-refractivity contribution in [2.45, 2.75) is 71.6 Å². The molecule has 0 bridgehead atoms. The van der Waals surface area contributed by atoms with Gasteiger partial charge < -0.3 is 15.2 Å². The zero-order chi connectivity index (χ0) is 19.2. The summed E-state index contributed by atoms with van der Waals surface area (Å²) in [6.07, 6.45) is 4.25. The highest BCUT2D eigenvalue weighted by molar-refractivity contribution is 5.86. The number of rotatable bonds is 5. The maximum absolute atomic E-state index is 12.7. The second kappa shape index (κ2) is 8.87. The maximum atomic E-state index is 12.7. The van der Waals surface area contributed by atoms with E-state index in [1.165, 1.54) is 11.0 Å². The Kier molecular flexibility index (Phi) is 7.45. The molecule has 0 aromatic rings. The molecule has 25 heavy (non-hydrogen) atoms. The highest BCUT2D eigenvalue weighted by Gasteiger charge is 2.35. The molecule has 1 fully saturated rings. The number of carboxylic acids is 1. The first kappa shape index (κ1) is 21.0. The Labute approximate surface area is 149 Å². The van der Waals surface area contributed by atoms with Crippen molar-refractivity contribution in [3.8, 4) is 0 Å². The molecule has 0 aromatic heterocycles. The number of carbonyl (C=O) groups excluding carboxylic acids is 2. The van der Waals surface area contributed by atoms with Crippen LogP contribution >= 0.6 is 0 Å². The number of hydrogen-bond donors (Lipinski definition) is 2. The van der Waals surface area contributed by atoms with Gasteiger partial charge in [-0.25, -0.2) is 9.59 Å². The van der Waals surface area contributed by atoms with E-state index in [0.29, 0.717) is 13.0 Å². The number of piperidine rings is 1. The molecule has 2 atom stereocenters. The highest BCUT2D eigenvalue weighted by Crippen LogP contribution is 2.21. The van der Waals surface area contributed by atoms with Crippen LogP contribution in [-0.4, -0.2) is 52.2 Å². The summed E-state index contributed by atoms with van der Waals surface area (Å²) in [5, 5.41) is 11.6. The van der Waals surface area contributed by atoms with Crippen LogP contribution in [0, 0.1) is 5.92 Å². The zero-order valence-electron chi connectivity index (χ0n) is 15.7. The Morgan fingerprint density at radius 2 is 1.88 bits per heavy atom. The average molecular weight is 354 g/mol. The van der Waals surface area contributed by atoms with E-state index < -0.39 is 29.7 Å². The van der Waals surface area contributed by atoms with E-state index in [-0.39, 0.29) is 11.8 Å². The van der Waals surface area contributed by atoms with Gasteiger partial charge in [-0.05, 0) is 46.0 Å². The van der Waals surface area contributed by atoms with Gasteiger partial charge in [0.25, 0.3) is 0 Å². The Morgan fingerprint density at radius 3 is 2.40 bits per heavy atom. The van der Waals surface area contributed by atoms with Gasteiger partial charge in [0.1, 0.15) is 11.6 Å². The third-order valence-corrected chi connectivity index (χ3v) is 3.91. The lowest BCUT2D eigenvalue weighted by atomic mass is 9.99. The Bertz CT molecular complexity index is 522. The van der Waals surface area contributed by atoms with Crippen LogP contribution in [0.2, 0.25) is 0 Å². The molecule has 1 rings (SSSR count). The van der Waals surface area contributed by atoms with Crippen LogP contribution in [0.1, 0.15) is 53.9 Å². The summed E-state index contributed by atoms with van der Waals surface area (Å²) in [5.74, 6) is -1.31. The third kappa shape index (κ3) is 7.15. The third-order valence-electron chi connectivity index (χ3n) is 3.91. The van der Waals surface area contributed by atoms with Crippen molar-refractivity contribution >= 4 is 18.0 Å². The predicted octanol–water partition coefficient (Wildman–Crippen LogP) is 2.56. The van der Waals surface area contributed by atoms with E-state index >= 15 is 0 Å². The summed E-state index contributed by atoms with van der Waals surface area (Å²) < 4.78 is 5.40. The van der Waals surface area contributed by atoms with Gasteiger partial charge in [0.15, 0.2) is 0 Å². The molecule has 0 saturated carbocycles. The van der Waals surface area contributed by atoms with Crippen LogP contribution in [0.15, 0.2) is 12.2 Å². The summed E-state index contributed by atoms with van der Waals surface area (Å²) in [6.45, 7) is 9.62. The summed E-state index contributed by atoms with van der Waals surface area (Å²) in [6, 6.07) is -1.01. The number of nitrogens with zero attached hydrogens (tertiary/aromatic N) is 1. The molecule has 0 radical (unpaired) electrons. The fourth-order valence-corrected chi connectivity index (χ4v) is 2.63. The van der Waals surface area contributed by atoms with Crippen LogP contribution in [-0.2, 0) is 14.3 Å². The minimum Gasteiger partial charge on any atom is -0.478 e. The molecule has 1 aliphatic heterocycles. The standard InChI is InChI=1S/C18H30N2O5/c1-12(2)13(9-10-15(21)22)19-16(23)14-8-6-7-11-20(14)17(24)25-18(3,4)5/h9-10,12-14H,6-8,11H2,1-5H3,(H,19,23)(H,21,22)/b10-9+/t13-,14+/m1/s1. The van der Waals surface area contributed by atoms with E-state index in [9.17, 15) is 14.4 Å². The summed E-state index contributed by atoms with van der Waals surface area (Å²) >= 11 is 0. The normalized spacial score (nSPS) is 19.8. The van der Waals surface area contributed by atoms with E-state index in [1.807, 2.05) is 13.8 Å². The van der Waals surface area contributed by atoms with Gasteiger partial charge in [-0.2, -0.15) is 0 Å². The first-order valence-corrected chi connectivity index (χ1v) is 8.72. The van der Waals surface area contributed by atoms with E-state index in [4.69, 9.17) is 9.84 Å². The molecule has 2 N–H and O–H groups in total. The van der Waals surface area contributed by atoms with Crippen LogP contribution in [0.5, 0.6) is 0 Å². The van der Waals surface area contributed by atoms with Crippen LogP contribution < -0.4 is 5.32 Å². The van der Waals surface area contributed by atoms with E-state index in [2.05, 4.69) is 5.32 Å². The molecular formula is C18H30N2O5. The number of hydrogen-bond acceptors (Lipinski definition) is 4. The first-order chi connectivity index (χ1) is 11.5. The number of carboxylic acid groups (broad SMARTS) is 1. The van der Waals surface area contributed by atoms with Crippen LogP contribution in [0.25, 0.3) is 0 Å². The molecule has 142 valence electrons. The van der Waals surface area contributed by atoms with Crippen LogP contribution in [0.3, 0.4) is 0 Å². The minimum absolute atomic E-state index is 0.0260. The number of nitrogens with one attached hydrogen (secondary N) is 1. The monoisotopic (exact) mass is 354 g/mol. The first-order valence-electron chi connectivity index (χ1n) is 8.72. The van der Waals surface area contributed by atoms with Crippen molar-refractivity contribution in [1.29, 1.82) is 0 Å². The minimum atomic E-state index is -1.06. The Hall–Kier alpha value is -2.05.